The number of benzene rings is 1. The second-order valence-corrected chi connectivity index (χ2v) is 10.2. The summed E-state index contributed by atoms with van der Waals surface area (Å²) in [6.45, 7) is 9.40. The summed E-state index contributed by atoms with van der Waals surface area (Å²) < 4.78 is 63.1. The summed E-state index contributed by atoms with van der Waals surface area (Å²) in [5.74, 6) is -0.442. The standard InChI is InChI=1S/C25H25F2N3O5S/c1-4-7-18(5-2)24(31)30(23-9-6-8-17(3)28-23)19-12-14-29(15-13-19)36(32,33)20-10-11-21-22(16-20)35-25(26,27)34-21/h4-11,16,19H,1-2,12-15H2,3H3/b18-7+. The number of allylic oxidation sites excluding steroid dienone is 2. The maximum atomic E-state index is 13.4. The van der Waals surface area contributed by atoms with Crippen molar-refractivity contribution in [2.24, 2.45) is 0 Å². The molecule has 0 aliphatic carbocycles. The summed E-state index contributed by atoms with van der Waals surface area (Å²) in [4.78, 5) is 19.3. The SMILES string of the molecule is C=C/C=C(\C=C)C(=O)N(c1cccc(C)n1)C1CCN(S(=O)(=O)c2ccc3c(c2)OC(F)(F)O3)CC1. The summed E-state index contributed by atoms with van der Waals surface area (Å²) in [5.41, 5.74) is 1.06. The van der Waals surface area contributed by atoms with Crippen molar-refractivity contribution in [2.45, 2.75) is 37.0 Å². The highest BCUT2D eigenvalue weighted by atomic mass is 32.2. The predicted molar refractivity (Wildman–Crippen MR) is 129 cm³/mol. The van der Waals surface area contributed by atoms with Gasteiger partial charge in [0, 0.05) is 36.5 Å². The molecule has 8 nitrogen and oxygen atoms in total. The molecule has 1 fully saturated rings. The summed E-state index contributed by atoms with van der Waals surface area (Å²) in [7, 11) is -4.00. The highest BCUT2D eigenvalue weighted by Crippen LogP contribution is 2.42. The van der Waals surface area contributed by atoms with Gasteiger partial charge in [-0.2, -0.15) is 4.31 Å². The number of halogens is 2. The van der Waals surface area contributed by atoms with Crippen molar-refractivity contribution < 1.29 is 31.5 Å². The summed E-state index contributed by atoms with van der Waals surface area (Å²) in [5, 5.41) is 0. The zero-order valence-electron chi connectivity index (χ0n) is 19.6. The molecule has 3 heterocycles. The van der Waals surface area contributed by atoms with Crippen molar-refractivity contribution in [1.82, 2.24) is 9.29 Å². The quantitative estimate of drug-likeness (QED) is 0.404. The van der Waals surface area contributed by atoms with Crippen LogP contribution in [-0.4, -0.2) is 49.0 Å². The first-order chi connectivity index (χ1) is 17.1. The van der Waals surface area contributed by atoms with Crippen LogP contribution in [0.1, 0.15) is 18.5 Å². The van der Waals surface area contributed by atoms with E-state index in [4.69, 9.17) is 0 Å². The van der Waals surface area contributed by atoms with Gasteiger partial charge < -0.3 is 9.47 Å². The van der Waals surface area contributed by atoms with E-state index in [9.17, 15) is 22.0 Å². The second-order valence-electron chi connectivity index (χ2n) is 8.29. The van der Waals surface area contributed by atoms with E-state index in [2.05, 4.69) is 27.6 Å². The Morgan fingerprint density at radius 3 is 2.50 bits per heavy atom. The molecule has 1 aromatic carbocycles. The van der Waals surface area contributed by atoms with E-state index in [1.165, 1.54) is 22.5 Å². The number of pyridine rings is 1. The Balaban J connectivity index is 1.56. The molecule has 0 saturated carbocycles. The number of hydrogen-bond acceptors (Lipinski definition) is 6. The van der Waals surface area contributed by atoms with Crippen LogP contribution in [0.3, 0.4) is 0 Å². The van der Waals surface area contributed by atoms with E-state index in [0.29, 0.717) is 24.2 Å². The van der Waals surface area contributed by atoms with Gasteiger partial charge in [-0.3, -0.25) is 9.69 Å². The molecule has 0 radical (unpaired) electrons. The number of ether oxygens (including phenoxy) is 2. The van der Waals surface area contributed by atoms with E-state index in [1.54, 1.807) is 23.1 Å². The molecule has 0 bridgehead atoms. The van der Waals surface area contributed by atoms with Gasteiger partial charge >= 0.3 is 6.29 Å². The molecule has 11 heteroatoms. The smallest absolute Gasteiger partial charge is 0.395 e. The Labute approximate surface area is 208 Å². The first-order valence-corrected chi connectivity index (χ1v) is 12.6. The van der Waals surface area contributed by atoms with Crippen LogP contribution in [0.5, 0.6) is 11.5 Å². The lowest BCUT2D eigenvalue weighted by molar-refractivity contribution is -0.286. The minimum Gasteiger partial charge on any atom is -0.395 e. The number of carbonyl (C=O) groups excluding carboxylic acids is 1. The molecule has 1 saturated heterocycles. The molecule has 0 spiro atoms. The number of hydrogen-bond donors (Lipinski definition) is 0. The van der Waals surface area contributed by atoms with Gasteiger partial charge in [0.2, 0.25) is 10.0 Å². The monoisotopic (exact) mass is 517 g/mol. The summed E-state index contributed by atoms with van der Waals surface area (Å²) in [6.07, 6.45) is 1.32. The van der Waals surface area contributed by atoms with Crippen molar-refractivity contribution >= 4 is 21.7 Å². The Bertz CT molecular complexity index is 1330. The predicted octanol–water partition coefficient (Wildman–Crippen LogP) is 4.20. The van der Waals surface area contributed by atoms with Gasteiger partial charge in [0.05, 0.1) is 4.90 Å². The number of nitrogens with zero attached hydrogens (tertiary/aromatic N) is 3. The van der Waals surface area contributed by atoms with Crippen molar-refractivity contribution in [2.75, 3.05) is 18.0 Å². The van der Waals surface area contributed by atoms with E-state index in [-0.39, 0.29) is 41.4 Å². The lowest BCUT2D eigenvalue weighted by atomic mass is 10.0. The third kappa shape index (κ3) is 5.02. The first-order valence-electron chi connectivity index (χ1n) is 11.2. The number of sulfonamides is 1. The number of rotatable bonds is 7. The fraction of sp³-hybridized carbons (Fsp3) is 0.280. The zero-order valence-corrected chi connectivity index (χ0v) is 20.4. The van der Waals surface area contributed by atoms with E-state index >= 15 is 0 Å². The van der Waals surface area contributed by atoms with Crippen LogP contribution in [0.2, 0.25) is 0 Å². The van der Waals surface area contributed by atoms with Crippen LogP contribution in [0, 0.1) is 6.92 Å². The minimum atomic E-state index is -4.00. The summed E-state index contributed by atoms with van der Waals surface area (Å²) in [6, 6.07) is 8.38. The molecule has 0 atom stereocenters. The normalized spacial score (nSPS) is 18.0. The van der Waals surface area contributed by atoms with Crippen LogP contribution in [0.4, 0.5) is 14.6 Å². The van der Waals surface area contributed by atoms with Crippen LogP contribution >= 0.6 is 0 Å². The van der Waals surface area contributed by atoms with Crippen LogP contribution in [-0.2, 0) is 14.8 Å². The number of fused-ring (bicyclic) bond motifs is 1. The molecule has 2 aliphatic heterocycles. The molecule has 0 N–H and O–H groups in total. The Kier molecular flexibility index (Phi) is 6.96. The average Bonchev–Trinajstić information content (AvgIpc) is 3.16. The fourth-order valence-electron chi connectivity index (χ4n) is 4.19. The molecule has 2 aliphatic rings. The number of anilines is 1. The number of alkyl halides is 2. The molecule has 36 heavy (non-hydrogen) atoms. The van der Waals surface area contributed by atoms with Gasteiger partial charge in [0.15, 0.2) is 11.5 Å². The maximum absolute atomic E-state index is 13.4. The molecule has 190 valence electrons. The molecular weight excluding hydrogens is 492 g/mol. The Morgan fingerprint density at radius 1 is 1.17 bits per heavy atom. The third-order valence-electron chi connectivity index (χ3n) is 5.90. The number of aryl methyl sites for hydroxylation is 1. The van der Waals surface area contributed by atoms with Crippen molar-refractivity contribution in [3.63, 3.8) is 0 Å². The number of amides is 1. The molecule has 1 aromatic heterocycles. The van der Waals surface area contributed by atoms with Gasteiger partial charge in [-0.25, -0.2) is 13.4 Å². The van der Waals surface area contributed by atoms with Gasteiger partial charge in [0.25, 0.3) is 5.91 Å². The van der Waals surface area contributed by atoms with Gasteiger partial charge in [-0.05, 0) is 44.0 Å². The molecule has 4 rings (SSSR count). The van der Waals surface area contributed by atoms with Crippen molar-refractivity contribution in [3.05, 3.63) is 79.1 Å². The zero-order chi connectivity index (χ0) is 26.1. The lowest BCUT2D eigenvalue weighted by Gasteiger charge is -2.37. The fourth-order valence-corrected chi connectivity index (χ4v) is 5.68. The van der Waals surface area contributed by atoms with E-state index in [1.807, 2.05) is 13.0 Å². The van der Waals surface area contributed by atoms with E-state index < -0.39 is 16.3 Å². The maximum Gasteiger partial charge on any atom is 0.586 e. The van der Waals surface area contributed by atoms with Gasteiger partial charge in [-0.15, -0.1) is 8.78 Å². The second kappa shape index (κ2) is 9.82. The van der Waals surface area contributed by atoms with Crippen LogP contribution in [0.15, 0.2) is 78.3 Å². The average molecular weight is 518 g/mol. The largest absolute Gasteiger partial charge is 0.586 e. The molecular formula is C25H25F2N3O5S. The van der Waals surface area contributed by atoms with Crippen molar-refractivity contribution in [3.8, 4) is 11.5 Å². The molecule has 2 aromatic rings. The minimum absolute atomic E-state index is 0.113. The molecule has 0 unspecified atom stereocenters. The summed E-state index contributed by atoms with van der Waals surface area (Å²) >= 11 is 0. The van der Waals surface area contributed by atoms with E-state index in [0.717, 1.165) is 17.8 Å². The topological polar surface area (TPSA) is 89.0 Å². The third-order valence-corrected chi connectivity index (χ3v) is 7.80. The molecule has 1 amide bonds. The van der Waals surface area contributed by atoms with Crippen molar-refractivity contribution in [1.29, 1.82) is 0 Å². The Hall–Kier alpha value is -3.57. The van der Waals surface area contributed by atoms with Gasteiger partial charge in [-0.1, -0.05) is 37.5 Å². The van der Waals surface area contributed by atoms with Crippen LogP contribution < -0.4 is 14.4 Å². The lowest BCUT2D eigenvalue weighted by Crippen LogP contribution is -2.49. The Morgan fingerprint density at radius 2 is 1.86 bits per heavy atom. The number of aromatic nitrogens is 1. The first kappa shape index (κ1) is 25.5. The van der Waals surface area contributed by atoms with Crippen LogP contribution in [0.25, 0.3) is 0 Å². The highest BCUT2D eigenvalue weighted by Gasteiger charge is 2.44. The number of piperidine rings is 1. The highest BCUT2D eigenvalue weighted by molar-refractivity contribution is 7.89. The number of carbonyl (C=O) groups is 1. The van der Waals surface area contributed by atoms with Gasteiger partial charge in [0.1, 0.15) is 5.82 Å².